The molecule has 5 atom stereocenters. The van der Waals surface area contributed by atoms with Crippen molar-refractivity contribution in [3.63, 3.8) is 0 Å². The monoisotopic (exact) mass is 723 g/mol. The van der Waals surface area contributed by atoms with Gasteiger partial charge < -0.3 is 29.7 Å². The summed E-state index contributed by atoms with van der Waals surface area (Å²) < 4.78 is 49.1. The van der Waals surface area contributed by atoms with Crippen LogP contribution >= 0.6 is 0 Å². The highest BCUT2D eigenvalue weighted by Crippen LogP contribution is 2.46. The summed E-state index contributed by atoms with van der Waals surface area (Å²) in [5, 5.41) is 5.63. The van der Waals surface area contributed by atoms with Gasteiger partial charge in [-0.15, -0.1) is 0 Å². The summed E-state index contributed by atoms with van der Waals surface area (Å²) in [5.41, 5.74) is -1.98. The van der Waals surface area contributed by atoms with Crippen molar-refractivity contribution in [2.75, 3.05) is 19.8 Å². The Balaban J connectivity index is 1.40. The van der Waals surface area contributed by atoms with Crippen LogP contribution in [0, 0.1) is 11.3 Å². The molecule has 52 heavy (non-hydrogen) atoms. The van der Waals surface area contributed by atoms with Gasteiger partial charge in [-0.25, -0.2) is 19.6 Å². The van der Waals surface area contributed by atoms with Gasteiger partial charge in [0.1, 0.15) is 23.7 Å². The van der Waals surface area contributed by atoms with Gasteiger partial charge in [0, 0.05) is 12.3 Å². The van der Waals surface area contributed by atoms with Crippen LogP contribution in [0.4, 0.5) is 13.6 Å². The van der Waals surface area contributed by atoms with Crippen molar-refractivity contribution >= 4 is 34.9 Å². The third-order valence-corrected chi connectivity index (χ3v) is 10.2. The van der Waals surface area contributed by atoms with Crippen LogP contribution in [0.1, 0.15) is 84.3 Å². The summed E-state index contributed by atoms with van der Waals surface area (Å²) in [4.78, 5) is 65.0. The fraction of sp³-hybridized carbons (Fsp3) is 0.579. The number of hydrogen-bond donors (Lipinski definition) is 2. The average Bonchev–Trinajstić information content (AvgIpc) is 3.64. The number of carbonyl (C=O) groups is 4. The van der Waals surface area contributed by atoms with Crippen LogP contribution in [0.2, 0.25) is 0 Å². The van der Waals surface area contributed by atoms with Crippen molar-refractivity contribution in [3.8, 4) is 5.88 Å². The number of esters is 1. The Labute approximate surface area is 301 Å². The molecule has 3 bridgehead atoms. The molecule has 1 aliphatic carbocycles. The number of aromatic nitrogens is 2. The van der Waals surface area contributed by atoms with E-state index in [0.29, 0.717) is 24.8 Å². The molecule has 1 aromatic heterocycles. The Morgan fingerprint density at radius 2 is 1.83 bits per heavy atom. The first kappa shape index (κ1) is 37.1. The molecule has 14 heteroatoms. The largest absolute Gasteiger partial charge is 0.471 e. The minimum absolute atomic E-state index is 0.0155. The predicted molar refractivity (Wildman–Crippen MR) is 186 cm³/mol. The van der Waals surface area contributed by atoms with Crippen molar-refractivity contribution < 1.29 is 42.2 Å². The van der Waals surface area contributed by atoms with E-state index in [0.717, 1.165) is 25.3 Å². The van der Waals surface area contributed by atoms with Crippen LogP contribution in [-0.2, 0) is 29.8 Å². The number of fused-ring (bicyclic) bond motifs is 5. The van der Waals surface area contributed by atoms with Gasteiger partial charge in [-0.2, -0.15) is 8.78 Å². The second-order valence-corrected chi connectivity index (χ2v) is 14.9. The molecule has 280 valence electrons. The summed E-state index contributed by atoms with van der Waals surface area (Å²) in [5.74, 6) is -6.03. The van der Waals surface area contributed by atoms with Crippen LogP contribution in [0.5, 0.6) is 5.88 Å². The second kappa shape index (κ2) is 15.2. The van der Waals surface area contributed by atoms with Crippen molar-refractivity contribution in [1.82, 2.24) is 25.5 Å². The maximum Gasteiger partial charge on any atom is 0.407 e. The molecule has 3 amide bonds. The number of hydrogen-bond acceptors (Lipinski definition) is 9. The van der Waals surface area contributed by atoms with E-state index in [1.165, 1.54) is 11.0 Å². The number of nitrogens with zero attached hydrogens (tertiary/aromatic N) is 3. The highest BCUT2D eigenvalue weighted by atomic mass is 19.3. The second-order valence-electron chi connectivity index (χ2n) is 14.9. The number of benzene rings is 1. The number of allylic oxidation sites excluding steroid dienone is 3. The number of nitrogens with one attached hydrogen (secondary N) is 2. The number of amides is 3. The van der Waals surface area contributed by atoms with Crippen LogP contribution in [0.25, 0.3) is 11.0 Å². The molecule has 3 aliphatic heterocycles. The quantitative estimate of drug-likeness (QED) is 0.303. The van der Waals surface area contributed by atoms with Gasteiger partial charge in [-0.1, -0.05) is 57.0 Å². The van der Waals surface area contributed by atoms with Crippen LogP contribution in [0.15, 0.2) is 48.6 Å². The number of alkyl halides is 2. The van der Waals surface area contributed by atoms with Gasteiger partial charge in [0.15, 0.2) is 5.69 Å². The van der Waals surface area contributed by atoms with E-state index in [4.69, 9.17) is 14.2 Å². The van der Waals surface area contributed by atoms with E-state index in [2.05, 4.69) is 20.6 Å². The Hall–Kier alpha value is -4.62. The molecule has 5 unspecified atom stereocenters. The van der Waals surface area contributed by atoms with Crippen molar-refractivity contribution in [1.29, 1.82) is 0 Å². The fourth-order valence-electron chi connectivity index (χ4n) is 7.14. The average molecular weight is 724 g/mol. The smallest absolute Gasteiger partial charge is 0.407 e. The summed E-state index contributed by atoms with van der Waals surface area (Å²) in [6.45, 7) is 5.32. The Bertz CT molecular complexity index is 1750. The van der Waals surface area contributed by atoms with Gasteiger partial charge in [0.2, 0.25) is 17.7 Å². The molecule has 1 saturated heterocycles. The summed E-state index contributed by atoms with van der Waals surface area (Å²) in [6.07, 6.45) is 8.44. The topological polar surface area (TPSA) is 149 Å². The number of carbonyl (C=O) groups excluding carboxylic acids is 4. The number of cyclic esters (lactones) is 1. The molecule has 12 nitrogen and oxygen atoms in total. The summed E-state index contributed by atoms with van der Waals surface area (Å²) in [7, 11) is 0. The van der Waals surface area contributed by atoms with E-state index in [1.807, 2.05) is 26.0 Å². The van der Waals surface area contributed by atoms with E-state index in [9.17, 15) is 19.2 Å². The maximum atomic E-state index is 16.0. The number of halogens is 2. The normalized spacial score (nSPS) is 29.5. The van der Waals surface area contributed by atoms with Gasteiger partial charge in [-0.3, -0.25) is 9.59 Å². The van der Waals surface area contributed by atoms with Gasteiger partial charge >= 0.3 is 18.0 Å². The number of alkyl carbamates (subject to hydrolysis) is 1. The molecular formula is C38H47F2N5O7. The van der Waals surface area contributed by atoms with E-state index < -0.39 is 70.5 Å². The first-order valence-corrected chi connectivity index (χ1v) is 18.2. The first-order chi connectivity index (χ1) is 24.8. The van der Waals surface area contributed by atoms with Gasteiger partial charge in [0.05, 0.1) is 30.8 Å². The van der Waals surface area contributed by atoms with Crippen LogP contribution < -0.4 is 15.4 Å². The van der Waals surface area contributed by atoms with Crippen molar-refractivity contribution in [2.24, 2.45) is 11.3 Å². The molecule has 0 spiro atoms. The highest BCUT2D eigenvalue weighted by Gasteiger charge is 2.62. The van der Waals surface area contributed by atoms with Crippen LogP contribution in [0.3, 0.4) is 0 Å². The standard InChI is InChI=1S/C38H47F2N5O7/c1-4-50-34(48)37-21-24(37)14-8-6-5-7-9-17-28-33(47)45-22-25(20-29(45)31(46)44-37)52-32-30(41-26-15-10-11-16-27(26)42-32)38(39,40)19-13-12-18-36(2,3)23-51-35(49)43-28/h8,10-11,13-16,19,24-25,28-29H,4-7,9,12,17-18,20-23H2,1-3H3,(H,43,49)(H,44,46). The molecule has 0 radical (unpaired) electrons. The molecule has 1 aromatic carbocycles. The van der Waals surface area contributed by atoms with Crippen molar-refractivity contribution in [3.05, 3.63) is 54.3 Å². The molecule has 2 N–H and O–H groups in total. The Kier molecular flexibility index (Phi) is 10.8. The highest BCUT2D eigenvalue weighted by molar-refractivity contribution is 5.96. The lowest BCUT2D eigenvalue weighted by Crippen LogP contribution is -2.56. The zero-order valence-electron chi connectivity index (χ0n) is 29.9. The summed E-state index contributed by atoms with van der Waals surface area (Å²) >= 11 is 0. The molecule has 1 saturated carbocycles. The lowest BCUT2D eigenvalue weighted by molar-refractivity contribution is -0.150. The minimum Gasteiger partial charge on any atom is -0.471 e. The minimum atomic E-state index is -3.58. The molecule has 4 aliphatic rings. The van der Waals surface area contributed by atoms with Crippen LogP contribution in [-0.4, -0.2) is 82.2 Å². The van der Waals surface area contributed by atoms with E-state index >= 15 is 8.78 Å². The van der Waals surface area contributed by atoms with Gasteiger partial charge in [-0.05, 0) is 69.1 Å². The maximum absolute atomic E-state index is 16.0. The number of para-hydroxylation sites is 2. The number of ether oxygens (including phenoxy) is 3. The molecule has 4 heterocycles. The molecule has 6 rings (SSSR count). The lowest BCUT2D eigenvalue weighted by Gasteiger charge is -2.30. The Morgan fingerprint density at radius 1 is 1.06 bits per heavy atom. The Morgan fingerprint density at radius 3 is 2.60 bits per heavy atom. The third kappa shape index (κ3) is 8.20. The zero-order chi connectivity index (χ0) is 37.1. The molecular weight excluding hydrogens is 676 g/mol. The molecule has 2 fully saturated rings. The fourth-order valence-corrected chi connectivity index (χ4v) is 7.14. The number of rotatable bonds is 2. The van der Waals surface area contributed by atoms with E-state index in [1.54, 1.807) is 31.2 Å². The van der Waals surface area contributed by atoms with E-state index in [-0.39, 0.29) is 50.5 Å². The third-order valence-electron chi connectivity index (χ3n) is 10.2. The van der Waals surface area contributed by atoms with Gasteiger partial charge in [0.25, 0.3) is 0 Å². The lowest BCUT2D eigenvalue weighted by atomic mass is 9.89. The zero-order valence-corrected chi connectivity index (χ0v) is 29.9. The first-order valence-electron chi connectivity index (χ1n) is 18.2. The predicted octanol–water partition coefficient (Wildman–Crippen LogP) is 5.50. The molecule has 2 aromatic rings. The summed E-state index contributed by atoms with van der Waals surface area (Å²) in [6, 6.07) is 4.39. The SMILES string of the molecule is CCOC(=O)C12CC1C=CCCCCCC1NC(=O)OCC(C)(C)CCC=CC(F)(F)c3nc4ccccc4nc3OC3CC(C(=O)N2)N(C3)C1=O. The van der Waals surface area contributed by atoms with Crippen molar-refractivity contribution in [2.45, 2.75) is 108 Å².